The van der Waals surface area contributed by atoms with Crippen molar-refractivity contribution in [3.8, 4) is 0 Å². The van der Waals surface area contributed by atoms with Crippen molar-refractivity contribution in [2.75, 3.05) is 33.4 Å². The van der Waals surface area contributed by atoms with E-state index in [1.165, 1.54) is 4.31 Å². The largest absolute Gasteiger partial charge is 0.452 e. The van der Waals surface area contributed by atoms with Gasteiger partial charge in [0.2, 0.25) is 10.0 Å². The molecule has 2 heterocycles. The third kappa shape index (κ3) is 3.38. The van der Waals surface area contributed by atoms with Crippen molar-refractivity contribution >= 4 is 26.0 Å². The second-order valence-corrected chi connectivity index (χ2v) is 6.88. The van der Waals surface area contributed by atoms with Crippen LogP contribution in [0.3, 0.4) is 0 Å². The molecule has 1 N–H and O–H groups in total. The molecule has 1 aliphatic heterocycles. The molecule has 1 aromatic rings. The number of hydrogen-bond acceptors (Lipinski definition) is 5. The van der Waals surface area contributed by atoms with Gasteiger partial charge in [0.1, 0.15) is 10.7 Å². The number of halogens is 1. The van der Waals surface area contributed by atoms with Gasteiger partial charge < -0.3 is 14.5 Å². The van der Waals surface area contributed by atoms with Crippen molar-refractivity contribution < 1.29 is 17.6 Å². The quantitative estimate of drug-likeness (QED) is 0.880. The molecule has 1 aliphatic rings. The molecule has 1 saturated heterocycles. The first-order valence-electron chi connectivity index (χ1n) is 6.06. The predicted molar refractivity (Wildman–Crippen MR) is 73.4 cm³/mol. The van der Waals surface area contributed by atoms with Gasteiger partial charge in [-0.2, -0.15) is 4.31 Å². The molecule has 6 nitrogen and oxygen atoms in total. The molecule has 0 radical (unpaired) electrons. The first-order valence-corrected chi connectivity index (χ1v) is 8.29. The van der Waals surface area contributed by atoms with Crippen molar-refractivity contribution in [3.05, 3.63) is 16.5 Å². The average Bonchev–Trinajstić information content (AvgIpc) is 2.60. The molecular formula is C11H17BrN2O4S. The van der Waals surface area contributed by atoms with Crippen LogP contribution in [0.15, 0.2) is 20.0 Å². The Morgan fingerprint density at radius 2 is 2.21 bits per heavy atom. The van der Waals surface area contributed by atoms with Gasteiger partial charge in [0.15, 0.2) is 4.67 Å². The van der Waals surface area contributed by atoms with Gasteiger partial charge in [0.05, 0.1) is 13.2 Å². The van der Waals surface area contributed by atoms with Gasteiger partial charge in [-0.3, -0.25) is 0 Å². The molecule has 0 bridgehead atoms. The summed E-state index contributed by atoms with van der Waals surface area (Å²) in [6.45, 7) is 2.36. The van der Waals surface area contributed by atoms with Crippen LogP contribution < -0.4 is 5.32 Å². The Morgan fingerprint density at radius 1 is 1.42 bits per heavy atom. The zero-order chi connectivity index (χ0) is 13.9. The van der Waals surface area contributed by atoms with Crippen molar-refractivity contribution in [1.82, 2.24) is 9.62 Å². The lowest BCUT2D eigenvalue weighted by Crippen LogP contribution is -2.33. The fourth-order valence-electron chi connectivity index (χ4n) is 1.94. The minimum Gasteiger partial charge on any atom is -0.452 e. The van der Waals surface area contributed by atoms with Crippen LogP contribution in [-0.4, -0.2) is 46.1 Å². The zero-order valence-electron chi connectivity index (χ0n) is 10.7. The SMILES string of the molecule is CNCc1cc(S(=O)(=O)N2CCCOCC2)c(Br)o1. The zero-order valence-corrected chi connectivity index (χ0v) is 13.1. The molecule has 0 unspecified atom stereocenters. The van der Waals surface area contributed by atoms with E-state index in [9.17, 15) is 8.42 Å². The molecule has 0 aliphatic carbocycles. The molecule has 1 fully saturated rings. The molecule has 0 saturated carbocycles. The van der Waals surface area contributed by atoms with E-state index in [4.69, 9.17) is 9.15 Å². The summed E-state index contributed by atoms with van der Waals surface area (Å²) in [5.41, 5.74) is 0. The highest BCUT2D eigenvalue weighted by Gasteiger charge is 2.29. The molecule has 1 aromatic heterocycles. The Bertz CT molecular complexity index is 521. The van der Waals surface area contributed by atoms with Gasteiger partial charge >= 0.3 is 0 Å². The molecule has 0 atom stereocenters. The Kier molecular flexibility index (Phi) is 5.02. The minimum absolute atomic E-state index is 0.180. The summed E-state index contributed by atoms with van der Waals surface area (Å²) >= 11 is 3.18. The lowest BCUT2D eigenvalue weighted by atomic mass is 10.4. The van der Waals surface area contributed by atoms with Crippen molar-refractivity contribution in [1.29, 1.82) is 0 Å². The number of ether oxygens (including phenoxy) is 1. The number of rotatable bonds is 4. The molecule has 0 aromatic carbocycles. The Hall–Kier alpha value is -0.410. The molecule has 108 valence electrons. The van der Waals surface area contributed by atoms with E-state index in [1.807, 2.05) is 0 Å². The smallest absolute Gasteiger partial charge is 0.247 e. The van der Waals surface area contributed by atoms with Gasteiger partial charge in [0.25, 0.3) is 0 Å². The van der Waals surface area contributed by atoms with E-state index in [2.05, 4.69) is 21.2 Å². The molecule has 8 heteroatoms. The number of hydrogen-bond donors (Lipinski definition) is 1. The lowest BCUT2D eigenvalue weighted by Gasteiger charge is -2.18. The van der Waals surface area contributed by atoms with E-state index in [-0.39, 0.29) is 9.56 Å². The van der Waals surface area contributed by atoms with Crippen LogP contribution in [0.4, 0.5) is 0 Å². The third-order valence-corrected chi connectivity index (χ3v) is 5.61. The molecule has 0 amide bonds. The normalized spacial score (nSPS) is 18.4. The highest BCUT2D eigenvalue weighted by atomic mass is 79.9. The average molecular weight is 353 g/mol. The lowest BCUT2D eigenvalue weighted by molar-refractivity contribution is 0.148. The van der Waals surface area contributed by atoms with Crippen molar-refractivity contribution in [2.24, 2.45) is 0 Å². The van der Waals surface area contributed by atoms with Crippen LogP contribution in [0, 0.1) is 0 Å². The van der Waals surface area contributed by atoms with Gasteiger partial charge in [-0.15, -0.1) is 0 Å². The fourth-order valence-corrected chi connectivity index (χ4v) is 4.36. The third-order valence-electron chi connectivity index (χ3n) is 2.86. The van der Waals surface area contributed by atoms with E-state index < -0.39 is 10.0 Å². The Labute approximate surface area is 121 Å². The van der Waals surface area contributed by atoms with Gasteiger partial charge in [0, 0.05) is 25.8 Å². The number of furan rings is 1. The van der Waals surface area contributed by atoms with Crippen LogP contribution in [0.2, 0.25) is 0 Å². The van der Waals surface area contributed by atoms with Crippen LogP contribution in [0.1, 0.15) is 12.2 Å². The summed E-state index contributed by atoms with van der Waals surface area (Å²) in [5.74, 6) is 0.582. The maximum Gasteiger partial charge on any atom is 0.247 e. The number of sulfonamides is 1. The summed E-state index contributed by atoms with van der Waals surface area (Å²) < 4.78 is 37.4. The van der Waals surface area contributed by atoms with Crippen molar-refractivity contribution in [2.45, 2.75) is 17.9 Å². The van der Waals surface area contributed by atoms with E-state index >= 15 is 0 Å². The maximum atomic E-state index is 12.5. The monoisotopic (exact) mass is 352 g/mol. The molecular weight excluding hydrogens is 336 g/mol. The predicted octanol–water partition coefficient (Wildman–Crippen LogP) is 1.17. The van der Waals surface area contributed by atoms with Crippen molar-refractivity contribution in [3.63, 3.8) is 0 Å². The number of nitrogens with one attached hydrogen (secondary N) is 1. The van der Waals surface area contributed by atoms with Gasteiger partial charge in [-0.1, -0.05) is 0 Å². The first-order chi connectivity index (χ1) is 9.05. The number of nitrogens with zero attached hydrogens (tertiary/aromatic N) is 1. The second kappa shape index (κ2) is 6.36. The first kappa shape index (κ1) is 15.0. The Balaban J connectivity index is 2.27. The summed E-state index contributed by atoms with van der Waals surface area (Å²) in [5, 5.41) is 2.92. The molecule has 19 heavy (non-hydrogen) atoms. The second-order valence-electron chi connectivity index (χ2n) is 4.25. The van der Waals surface area contributed by atoms with Crippen LogP contribution in [0.25, 0.3) is 0 Å². The summed E-state index contributed by atoms with van der Waals surface area (Å²) in [4.78, 5) is 0.180. The fraction of sp³-hybridized carbons (Fsp3) is 0.636. The summed E-state index contributed by atoms with van der Waals surface area (Å²) in [7, 11) is -1.75. The van der Waals surface area contributed by atoms with Crippen LogP contribution in [-0.2, 0) is 21.3 Å². The van der Waals surface area contributed by atoms with Crippen LogP contribution in [0.5, 0.6) is 0 Å². The topological polar surface area (TPSA) is 71.8 Å². The summed E-state index contributed by atoms with van der Waals surface area (Å²) in [6.07, 6.45) is 0.706. The van der Waals surface area contributed by atoms with E-state index in [0.717, 1.165) is 0 Å². The van der Waals surface area contributed by atoms with E-state index in [0.29, 0.717) is 45.0 Å². The minimum atomic E-state index is -3.53. The highest BCUT2D eigenvalue weighted by molar-refractivity contribution is 9.10. The maximum absolute atomic E-state index is 12.5. The van der Waals surface area contributed by atoms with Gasteiger partial charge in [-0.05, 0) is 29.4 Å². The molecule has 2 rings (SSSR count). The highest BCUT2D eigenvalue weighted by Crippen LogP contribution is 2.29. The van der Waals surface area contributed by atoms with Gasteiger partial charge in [-0.25, -0.2) is 8.42 Å². The Morgan fingerprint density at radius 3 is 2.95 bits per heavy atom. The summed E-state index contributed by atoms with van der Waals surface area (Å²) in [6, 6.07) is 1.56. The standard InChI is InChI=1S/C11H17BrN2O4S/c1-13-8-9-7-10(11(12)18-9)19(15,16)14-3-2-5-17-6-4-14/h7,13H,2-6,8H2,1H3. The van der Waals surface area contributed by atoms with E-state index in [1.54, 1.807) is 13.1 Å². The van der Waals surface area contributed by atoms with Crippen LogP contribution >= 0.6 is 15.9 Å². The molecule has 0 spiro atoms.